The van der Waals surface area contributed by atoms with Crippen molar-refractivity contribution < 1.29 is 8.42 Å². The molecule has 0 spiro atoms. The van der Waals surface area contributed by atoms with E-state index in [4.69, 9.17) is 5.73 Å². The van der Waals surface area contributed by atoms with Crippen LogP contribution in [-0.2, 0) is 16.3 Å². The molecule has 0 aromatic heterocycles. The summed E-state index contributed by atoms with van der Waals surface area (Å²) in [6.07, 6.45) is 3.29. The third-order valence-electron chi connectivity index (χ3n) is 2.49. The van der Waals surface area contributed by atoms with E-state index < -0.39 is 9.84 Å². The maximum Gasteiger partial charge on any atom is 0.179 e. The molecule has 0 atom stereocenters. The van der Waals surface area contributed by atoms with Crippen LogP contribution in [0.25, 0.3) is 0 Å². The van der Waals surface area contributed by atoms with Crippen LogP contribution in [0.5, 0.6) is 0 Å². The van der Waals surface area contributed by atoms with Gasteiger partial charge in [0.25, 0.3) is 0 Å². The monoisotopic (exact) mass is 241 g/mol. The Balaban J connectivity index is 2.78. The molecule has 3 nitrogen and oxygen atoms in total. The molecule has 4 heteroatoms. The minimum Gasteiger partial charge on any atom is -0.329 e. The molecule has 0 unspecified atom stereocenters. The number of rotatable bonds is 6. The lowest BCUT2D eigenvalue weighted by atomic mass is 10.1. The van der Waals surface area contributed by atoms with Gasteiger partial charge in [0.15, 0.2) is 9.84 Å². The molecule has 0 saturated carbocycles. The van der Waals surface area contributed by atoms with Crippen molar-refractivity contribution in [3.8, 4) is 0 Å². The van der Waals surface area contributed by atoms with Crippen molar-refractivity contribution in [3.63, 3.8) is 0 Å². The first-order valence-electron chi connectivity index (χ1n) is 5.62. The van der Waals surface area contributed by atoms with Crippen LogP contribution < -0.4 is 5.73 Å². The van der Waals surface area contributed by atoms with E-state index in [1.165, 1.54) is 5.56 Å². The summed E-state index contributed by atoms with van der Waals surface area (Å²) in [5, 5.41) is 0. The van der Waals surface area contributed by atoms with Gasteiger partial charge in [-0.2, -0.15) is 0 Å². The van der Waals surface area contributed by atoms with Crippen molar-refractivity contribution in [1.29, 1.82) is 0 Å². The van der Waals surface area contributed by atoms with Gasteiger partial charge in [0.2, 0.25) is 0 Å². The number of hydrogen-bond acceptors (Lipinski definition) is 3. The third-order valence-corrected chi connectivity index (χ3v) is 4.25. The first-order chi connectivity index (χ1) is 7.60. The Morgan fingerprint density at radius 3 is 2.31 bits per heavy atom. The summed E-state index contributed by atoms with van der Waals surface area (Å²) >= 11 is 0. The van der Waals surface area contributed by atoms with Gasteiger partial charge in [0.05, 0.1) is 10.6 Å². The number of aryl methyl sites for hydroxylation is 1. The molecule has 0 aliphatic carbocycles. The maximum absolute atomic E-state index is 11.7. The van der Waals surface area contributed by atoms with Crippen LogP contribution in [-0.4, -0.2) is 20.7 Å². The lowest BCUT2D eigenvalue weighted by Gasteiger charge is -2.04. The molecule has 2 N–H and O–H groups in total. The third kappa shape index (κ3) is 3.61. The Bertz CT molecular complexity index is 409. The lowest BCUT2D eigenvalue weighted by molar-refractivity contribution is 0.596. The van der Waals surface area contributed by atoms with Gasteiger partial charge >= 0.3 is 0 Å². The highest BCUT2D eigenvalue weighted by atomic mass is 32.2. The average molecular weight is 241 g/mol. The van der Waals surface area contributed by atoms with Crippen molar-refractivity contribution in [3.05, 3.63) is 29.8 Å². The highest BCUT2D eigenvalue weighted by molar-refractivity contribution is 7.91. The molecule has 0 aliphatic rings. The fraction of sp³-hybridized carbons (Fsp3) is 0.500. The van der Waals surface area contributed by atoms with Gasteiger partial charge in [-0.1, -0.05) is 25.5 Å². The first-order valence-corrected chi connectivity index (χ1v) is 7.27. The zero-order valence-corrected chi connectivity index (χ0v) is 10.5. The molecule has 0 bridgehead atoms. The maximum atomic E-state index is 11.7. The molecule has 0 amide bonds. The highest BCUT2D eigenvalue weighted by Crippen LogP contribution is 2.13. The second kappa shape index (κ2) is 6.01. The van der Waals surface area contributed by atoms with E-state index in [-0.39, 0.29) is 12.3 Å². The Hall–Kier alpha value is -0.870. The van der Waals surface area contributed by atoms with Gasteiger partial charge in [-0.15, -0.1) is 0 Å². The van der Waals surface area contributed by atoms with E-state index in [9.17, 15) is 8.42 Å². The Kier molecular flexibility index (Phi) is 4.96. The fourth-order valence-corrected chi connectivity index (χ4v) is 2.61. The highest BCUT2D eigenvalue weighted by Gasteiger charge is 2.12. The zero-order chi connectivity index (χ0) is 12.0. The van der Waals surface area contributed by atoms with Gasteiger partial charge in [-0.3, -0.25) is 0 Å². The summed E-state index contributed by atoms with van der Waals surface area (Å²) in [5.74, 6) is 0.0152. The van der Waals surface area contributed by atoms with Crippen LogP contribution in [0.2, 0.25) is 0 Å². The van der Waals surface area contributed by atoms with Crippen LogP contribution in [0.4, 0.5) is 0 Å². The Morgan fingerprint density at radius 1 is 1.19 bits per heavy atom. The van der Waals surface area contributed by atoms with E-state index in [2.05, 4.69) is 6.92 Å². The summed E-state index contributed by atoms with van der Waals surface area (Å²) < 4.78 is 23.4. The summed E-state index contributed by atoms with van der Waals surface area (Å²) in [5.41, 5.74) is 6.46. The number of benzene rings is 1. The van der Waals surface area contributed by atoms with Gasteiger partial charge in [0.1, 0.15) is 0 Å². The SMILES string of the molecule is CCCCc1ccc(S(=O)(=O)CCN)cc1. The van der Waals surface area contributed by atoms with Crippen LogP contribution in [0.1, 0.15) is 25.3 Å². The standard InChI is InChI=1S/C12H19NO2S/c1-2-3-4-11-5-7-12(8-6-11)16(14,15)10-9-13/h5-8H,2-4,9-10,13H2,1H3. The van der Waals surface area contributed by atoms with Crippen molar-refractivity contribution in [2.45, 2.75) is 31.1 Å². The van der Waals surface area contributed by atoms with Gasteiger partial charge in [0, 0.05) is 6.54 Å². The van der Waals surface area contributed by atoms with Crippen molar-refractivity contribution in [2.24, 2.45) is 5.73 Å². The molecule has 1 rings (SSSR count). The largest absolute Gasteiger partial charge is 0.329 e. The minimum atomic E-state index is -3.17. The van der Waals surface area contributed by atoms with Gasteiger partial charge in [-0.25, -0.2) is 8.42 Å². The second-order valence-corrected chi connectivity index (χ2v) is 5.96. The molecule has 1 aromatic carbocycles. The normalized spacial score (nSPS) is 11.6. The molecule has 0 saturated heterocycles. The van der Waals surface area contributed by atoms with Crippen LogP contribution in [0, 0.1) is 0 Å². The van der Waals surface area contributed by atoms with E-state index in [0.29, 0.717) is 4.90 Å². The molecule has 0 aliphatic heterocycles. The van der Waals surface area contributed by atoms with Crippen LogP contribution in [0.3, 0.4) is 0 Å². The van der Waals surface area contributed by atoms with Gasteiger partial charge in [-0.05, 0) is 30.5 Å². The van der Waals surface area contributed by atoms with Crippen molar-refractivity contribution in [1.82, 2.24) is 0 Å². The quantitative estimate of drug-likeness (QED) is 0.825. The second-order valence-electron chi connectivity index (χ2n) is 3.86. The number of unbranched alkanes of at least 4 members (excludes halogenated alkanes) is 1. The van der Waals surface area contributed by atoms with E-state index in [1.807, 2.05) is 12.1 Å². The molecular weight excluding hydrogens is 222 g/mol. The van der Waals surface area contributed by atoms with E-state index in [1.54, 1.807) is 12.1 Å². The predicted molar refractivity (Wildman–Crippen MR) is 66.2 cm³/mol. The first kappa shape index (κ1) is 13.2. The number of hydrogen-bond donors (Lipinski definition) is 1. The summed E-state index contributed by atoms with van der Waals surface area (Å²) in [6.45, 7) is 2.31. The number of sulfone groups is 1. The topological polar surface area (TPSA) is 60.2 Å². The van der Waals surface area contributed by atoms with Crippen molar-refractivity contribution >= 4 is 9.84 Å². The Labute approximate surface area is 97.6 Å². The Morgan fingerprint density at radius 2 is 1.81 bits per heavy atom. The minimum absolute atomic E-state index is 0.0152. The van der Waals surface area contributed by atoms with E-state index >= 15 is 0 Å². The molecule has 1 aromatic rings. The predicted octanol–water partition coefficient (Wildman–Crippen LogP) is 1.76. The molecular formula is C12H19NO2S. The average Bonchev–Trinajstić information content (AvgIpc) is 2.27. The molecule has 0 fully saturated rings. The fourth-order valence-electron chi connectivity index (χ4n) is 1.52. The lowest BCUT2D eigenvalue weighted by Crippen LogP contribution is -2.15. The van der Waals surface area contributed by atoms with Gasteiger partial charge < -0.3 is 5.73 Å². The van der Waals surface area contributed by atoms with E-state index in [0.717, 1.165) is 19.3 Å². The van der Waals surface area contributed by atoms with Crippen LogP contribution in [0.15, 0.2) is 29.2 Å². The molecule has 0 heterocycles. The summed E-state index contributed by atoms with van der Waals surface area (Å²) in [4.78, 5) is 0.373. The summed E-state index contributed by atoms with van der Waals surface area (Å²) in [7, 11) is -3.17. The molecule has 16 heavy (non-hydrogen) atoms. The molecule has 90 valence electrons. The number of nitrogens with two attached hydrogens (primary N) is 1. The summed E-state index contributed by atoms with van der Waals surface area (Å²) in [6, 6.07) is 7.13. The molecule has 0 radical (unpaired) electrons. The zero-order valence-electron chi connectivity index (χ0n) is 9.65. The van der Waals surface area contributed by atoms with Crippen LogP contribution >= 0.6 is 0 Å². The van der Waals surface area contributed by atoms with Crippen molar-refractivity contribution in [2.75, 3.05) is 12.3 Å². The smallest absolute Gasteiger partial charge is 0.179 e.